The number of rotatable bonds is 3. The molecular formula is C16H23NO2. The Balaban J connectivity index is 1.87. The van der Waals surface area contributed by atoms with Crippen LogP contribution in [0, 0.1) is 0 Å². The van der Waals surface area contributed by atoms with Crippen LogP contribution < -0.4 is 4.74 Å². The topological polar surface area (TPSA) is 32.7 Å². The van der Waals surface area contributed by atoms with Crippen LogP contribution in [-0.4, -0.2) is 35.7 Å². The van der Waals surface area contributed by atoms with Crippen molar-refractivity contribution in [1.82, 2.24) is 4.90 Å². The molecule has 2 bridgehead atoms. The zero-order chi connectivity index (χ0) is 13.5. The van der Waals surface area contributed by atoms with Crippen molar-refractivity contribution in [2.75, 3.05) is 13.7 Å². The number of piperidine rings is 1. The Morgan fingerprint density at radius 2 is 2.00 bits per heavy atom. The van der Waals surface area contributed by atoms with Crippen LogP contribution in [0.25, 0.3) is 0 Å². The van der Waals surface area contributed by atoms with Gasteiger partial charge in [0.25, 0.3) is 0 Å². The van der Waals surface area contributed by atoms with E-state index < -0.39 is 5.60 Å². The summed E-state index contributed by atoms with van der Waals surface area (Å²) in [5.41, 5.74) is 0.342. The number of hydrogen-bond donors (Lipinski definition) is 1. The largest absolute Gasteiger partial charge is 0.494 e. The van der Waals surface area contributed by atoms with Gasteiger partial charge in [-0.2, -0.15) is 0 Å². The van der Waals surface area contributed by atoms with Gasteiger partial charge in [0, 0.05) is 12.1 Å². The summed E-state index contributed by atoms with van der Waals surface area (Å²) in [6.45, 7) is 2.65. The van der Waals surface area contributed by atoms with Crippen LogP contribution in [0.1, 0.15) is 38.2 Å². The van der Waals surface area contributed by atoms with E-state index in [0.29, 0.717) is 18.7 Å². The summed E-state index contributed by atoms with van der Waals surface area (Å²) in [5.74, 6) is 0.861. The first kappa shape index (κ1) is 12.9. The molecule has 0 radical (unpaired) electrons. The van der Waals surface area contributed by atoms with Gasteiger partial charge in [-0.1, -0.05) is 12.1 Å². The maximum Gasteiger partial charge on any atom is 0.119 e. The molecule has 2 atom stereocenters. The quantitative estimate of drug-likeness (QED) is 0.907. The Morgan fingerprint density at radius 1 is 1.32 bits per heavy atom. The second kappa shape index (κ2) is 4.80. The molecule has 2 saturated heterocycles. The fourth-order valence-corrected chi connectivity index (χ4v) is 3.72. The van der Waals surface area contributed by atoms with Crippen LogP contribution in [0.4, 0.5) is 0 Å². The smallest absolute Gasteiger partial charge is 0.119 e. The van der Waals surface area contributed by atoms with Crippen molar-refractivity contribution < 1.29 is 9.84 Å². The predicted molar refractivity (Wildman–Crippen MR) is 75.3 cm³/mol. The van der Waals surface area contributed by atoms with E-state index in [-0.39, 0.29) is 0 Å². The first-order chi connectivity index (χ1) is 9.12. The third-order valence-electron chi connectivity index (χ3n) is 4.81. The maximum atomic E-state index is 11.1. The number of aliphatic hydroxyl groups is 1. The summed E-state index contributed by atoms with van der Waals surface area (Å²) in [6.07, 6.45) is 4.12. The van der Waals surface area contributed by atoms with Gasteiger partial charge >= 0.3 is 0 Å². The Kier molecular flexibility index (Phi) is 3.27. The van der Waals surface area contributed by atoms with E-state index in [0.717, 1.165) is 24.2 Å². The van der Waals surface area contributed by atoms with Crippen molar-refractivity contribution in [2.45, 2.75) is 50.3 Å². The third kappa shape index (κ3) is 2.26. The molecule has 104 valence electrons. The molecule has 2 heterocycles. The highest BCUT2D eigenvalue weighted by Gasteiger charge is 2.46. The molecule has 3 nitrogen and oxygen atoms in total. The van der Waals surface area contributed by atoms with Gasteiger partial charge in [0.1, 0.15) is 5.75 Å². The molecule has 2 fully saturated rings. The number of hydrogen-bond acceptors (Lipinski definition) is 3. The minimum absolute atomic E-state index is 0.527. The van der Waals surface area contributed by atoms with Crippen LogP contribution in [-0.2, 0) is 5.60 Å². The lowest BCUT2D eigenvalue weighted by atomic mass is 9.80. The lowest BCUT2D eigenvalue weighted by Gasteiger charge is -2.42. The third-order valence-corrected chi connectivity index (χ3v) is 4.81. The van der Waals surface area contributed by atoms with E-state index in [2.05, 4.69) is 11.9 Å². The van der Waals surface area contributed by atoms with Crippen molar-refractivity contribution in [3.63, 3.8) is 0 Å². The van der Waals surface area contributed by atoms with Crippen molar-refractivity contribution in [3.8, 4) is 5.75 Å². The Labute approximate surface area is 115 Å². The Hall–Kier alpha value is -1.06. The molecule has 0 saturated carbocycles. The SMILES string of the molecule is CCOc1cccc(C2(O)CC3CCC(C2)N3C)c1. The molecular weight excluding hydrogens is 238 g/mol. The van der Waals surface area contributed by atoms with Crippen molar-refractivity contribution >= 4 is 0 Å². The average molecular weight is 261 g/mol. The van der Waals surface area contributed by atoms with Crippen LogP contribution >= 0.6 is 0 Å². The summed E-state index contributed by atoms with van der Waals surface area (Å²) in [6, 6.07) is 9.04. The number of ether oxygens (including phenoxy) is 1. The second-order valence-corrected chi connectivity index (χ2v) is 5.95. The maximum absolute atomic E-state index is 11.1. The summed E-state index contributed by atoms with van der Waals surface area (Å²) in [5, 5.41) is 11.1. The molecule has 3 rings (SSSR count). The van der Waals surface area contributed by atoms with E-state index in [4.69, 9.17) is 4.74 Å². The monoisotopic (exact) mass is 261 g/mol. The normalized spacial score (nSPS) is 34.5. The molecule has 0 spiro atoms. The Morgan fingerprint density at radius 3 is 2.63 bits per heavy atom. The molecule has 3 heteroatoms. The lowest BCUT2D eigenvalue weighted by molar-refractivity contribution is -0.0494. The molecule has 0 amide bonds. The van der Waals surface area contributed by atoms with Gasteiger partial charge in [0.15, 0.2) is 0 Å². The molecule has 1 N–H and O–H groups in total. The van der Waals surface area contributed by atoms with Crippen LogP contribution in [0.2, 0.25) is 0 Å². The summed E-state index contributed by atoms with van der Waals surface area (Å²) in [4.78, 5) is 2.45. The standard InChI is InChI=1S/C16H23NO2/c1-3-19-15-6-4-5-12(9-15)16(18)10-13-7-8-14(11-16)17(13)2/h4-6,9,13-14,18H,3,7-8,10-11H2,1-2H3. The highest BCUT2D eigenvalue weighted by molar-refractivity contribution is 5.33. The van der Waals surface area contributed by atoms with E-state index in [9.17, 15) is 5.11 Å². The molecule has 1 aromatic carbocycles. The molecule has 2 aliphatic heterocycles. The number of benzene rings is 1. The summed E-state index contributed by atoms with van der Waals surface area (Å²) < 4.78 is 5.55. The van der Waals surface area contributed by atoms with E-state index >= 15 is 0 Å². The molecule has 2 aliphatic rings. The van der Waals surface area contributed by atoms with Crippen LogP contribution in [0.15, 0.2) is 24.3 Å². The van der Waals surface area contributed by atoms with Gasteiger partial charge in [-0.3, -0.25) is 0 Å². The van der Waals surface area contributed by atoms with Gasteiger partial charge in [0.2, 0.25) is 0 Å². The molecule has 0 aliphatic carbocycles. The molecule has 0 aromatic heterocycles. The number of fused-ring (bicyclic) bond motifs is 2. The van der Waals surface area contributed by atoms with Crippen molar-refractivity contribution in [2.24, 2.45) is 0 Å². The van der Waals surface area contributed by atoms with Gasteiger partial charge in [-0.15, -0.1) is 0 Å². The highest BCUT2D eigenvalue weighted by Crippen LogP contribution is 2.45. The van der Waals surface area contributed by atoms with Gasteiger partial charge < -0.3 is 14.7 Å². The zero-order valence-electron chi connectivity index (χ0n) is 11.8. The van der Waals surface area contributed by atoms with Crippen LogP contribution in [0.3, 0.4) is 0 Å². The highest BCUT2D eigenvalue weighted by atomic mass is 16.5. The van der Waals surface area contributed by atoms with E-state index in [1.807, 2.05) is 31.2 Å². The zero-order valence-corrected chi connectivity index (χ0v) is 11.8. The average Bonchev–Trinajstić information content (AvgIpc) is 2.63. The van der Waals surface area contributed by atoms with E-state index in [1.165, 1.54) is 12.8 Å². The second-order valence-electron chi connectivity index (χ2n) is 5.95. The summed E-state index contributed by atoms with van der Waals surface area (Å²) in [7, 11) is 2.19. The van der Waals surface area contributed by atoms with Gasteiger partial charge in [-0.25, -0.2) is 0 Å². The molecule has 19 heavy (non-hydrogen) atoms. The molecule has 2 unspecified atom stereocenters. The fourth-order valence-electron chi connectivity index (χ4n) is 3.72. The first-order valence-corrected chi connectivity index (χ1v) is 7.30. The van der Waals surface area contributed by atoms with Crippen molar-refractivity contribution in [3.05, 3.63) is 29.8 Å². The predicted octanol–water partition coefficient (Wildman–Crippen LogP) is 2.53. The van der Waals surface area contributed by atoms with E-state index in [1.54, 1.807) is 0 Å². The van der Waals surface area contributed by atoms with Gasteiger partial charge in [-0.05, 0) is 57.4 Å². The number of nitrogens with zero attached hydrogens (tertiary/aromatic N) is 1. The van der Waals surface area contributed by atoms with Gasteiger partial charge in [0.05, 0.1) is 12.2 Å². The lowest BCUT2D eigenvalue weighted by Crippen LogP contribution is -2.47. The summed E-state index contributed by atoms with van der Waals surface area (Å²) >= 11 is 0. The fraction of sp³-hybridized carbons (Fsp3) is 0.625. The molecule has 1 aromatic rings. The minimum atomic E-state index is -0.675. The first-order valence-electron chi connectivity index (χ1n) is 7.30. The van der Waals surface area contributed by atoms with Crippen LogP contribution in [0.5, 0.6) is 5.75 Å². The van der Waals surface area contributed by atoms with Crippen molar-refractivity contribution in [1.29, 1.82) is 0 Å². The Bertz CT molecular complexity index is 446. The minimum Gasteiger partial charge on any atom is -0.494 e.